The summed E-state index contributed by atoms with van der Waals surface area (Å²) in [4.78, 5) is 22.8. The number of carbonyl (C=O) groups excluding carboxylic acids is 1. The first kappa shape index (κ1) is 12.9. The number of hydrogen-bond acceptors (Lipinski definition) is 3. The first-order valence-electron chi connectivity index (χ1n) is 7.27. The molecule has 2 atom stereocenters. The van der Waals surface area contributed by atoms with Crippen LogP contribution in [0, 0.1) is 11.3 Å². The largest absolute Gasteiger partial charge is 0.479 e. The fraction of sp³-hybridized carbons (Fsp3) is 0.857. The van der Waals surface area contributed by atoms with Gasteiger partial charge in [-0.15, -0.1) is 0 Å². The molecule has 0 unspecified atom stereocenters. The maximum absolute atomic E-state index is 12.0. The molecular formula is C14H21NO4. The molecular weight excluding hydrogens is 246 g/mol. The molecule has 1 aliphatic heterocycles. The summed E-state index contributed by atoms with van der Waals surface area (Å²) in [5.41, 5.74) is 0.348. The number of ether oxygens (including phenoxy) is 1. The summed E-state index contributed by atoms with van der Waals surface area (Å²) in [6.07, 6.45) is 5.89. The number of carboxylic acid groups (broad SMARTS) is 1. The second-order valence-electron chi connectivity index (χ2n) is 6.24. The first-order valence-corrected chi connectivity index (χ1v) is 7.27. The van der Waals surface area contributed by atoms with E-state index in [2.05, 4.69) is 5.32 Å². The van der Waals surface area contributed by atoms with Gasteiger partial charge in [0.25, 0.3) is 0 Å². The van der Waals surface area contributed by atoms with Crippen molar-refractivity contribution in [1.82, 2.24) is 5.32 Å². The van der Waals surface area contributed by atoms with Crippen LogP contribution in [-0.2, 0) is 14.3 Å². The Morgan fingerprint density at radius 2 is 1.84 bits per heavy atom. The molecule has 106 valence electrons. The van der Waals surface area contributed by atoms with Crippen molar-refractivity contribution in [3.8, 4) is 0 Å². The predicted molar refractivity (Wildman–Crippen MR) is 67.5 cm³/mol. The van der Waals surface area contributed by atoms with Crippen LogP contribution in [0.4, 0.5) is 0 Å². The lowest BCUT2D eigenvalue weighted by Crippen LogP contribution is -2.46. The van der Waals surface area contributed by atoms with Gasteiger partial charge >= 0.3 is 5.97 Å². The van der Waals surface area contributed by atoms with Gasteiger partial charge in [-0.25, -0.2) is 4.79 Å². The number of hydrogen-bond donors (Lipinski definition) is 2. The molecule has 3 rings (SSSR count). The Hall–Kier alpha value is -1.10. The van der Waals surface area contributed by atoms with Crippen LogP contribution in [0.1, 0.15) is 44.9 Å². The van der Waals surface area contributed by atoms with Crippen molar-refractivity contribution < 1.29 is 19.4 Å². The number of carbonyl (C=O) groups is 2. The minimum Gasteiger partial charge on any atom is -0.479 e. The van der Waals surface area contributed by atoms with Crippen molar-refractivity contribution in [2.45, 2.75) is 57.2 Å². The van der Waals surface area contributed by atoms with Crippen molar-refractivity contribution >= 4 is 11.9 Å². The number of amides is 1. The predicted octanol–water partition coefficient (Wildman–Crippen LogP) is 1.32. The molecule has 1 heterocycles. The summed E-state index contributed by atoms with van der Waals surface area (Å²) in [5, 5.41) is 11.8. The second kappa shape index (κ2) is 4.78. The van der Waals surface area contributed by atoms with Crippen molar-refractivity contribution in [1.29, 1.82) is 0 Å². The summed E-state index contributed by atoms with van der Waals surface area (Å²) < 4.78 is 5.27. The van der Waals surface area contributed by atoms with Gasteiger partial charge in [-0.05, 0) is 49.9 Å². The third-order valence-corrected chi connectivity index (χ3v) is 4.99. The summed E-state index contributed by atoms with van der Waals surface area (Å²) >= 11 is 0. The van der Waals surface area contributed by atoms with E-state index in [0.717, 1.165) is 12.5 Å². The third kappa shape index (κ3) is 2.48. The summed E-state index contributed by atoms with van der Waals surface area (Å²) in [6, 6.07) is 0. The highest BCUT2D eigenvalue weighted by molar-refractivity contribution is 5.82. The van der Waals surface area contributed by atoms with Crippen molar-refractivity contribution in [2.24, 2.45) is 11.3 Å². The Bertz CT molecular complexity index is 387. The van der Waals surface area contributed by atoms with Gasteiger partial charge in [-0.3, -0.25) is 4.79 Å². The van der Waals surface area contributed by atoms with Crippen LogP contribution in [0.5, 0.6) is 0 Å². The Morgan fingerprint density at radius 3 is 2.32 bits per heavy atom. The lowest BCUT2D eigenvalue weighted by atomic mass is 9.65. The van der Waals surface area contributed by atoms with Crippen LogP contribution in [0.3, 0.4) is 0 Å². The fourth-order valence-electron chi connectivity index (χ4n) is 3.44. The molecule has 3 aliphatic rings. The molecule has 2 aliphatic carbocycles. The van der Waals surface area contributed by atoms with E-state index < -0.39 is 18.2 Å². The molecule has 0 bridgehead atoms. The smallest absolute Gasteiger partial charge is 0.332 e. The quantitative estimate of drug-likeness (QED) is 0.787. The average molecular weight is 267 g/mol. The maximum atomic E-state index is 12.0. The molecule has 0 radical (unpaired) electrons. The van der Waals surface area contributed by atoms with E-state index in [4.69, 9.17) is 9.84 Å². The molecule has 0 aromatic carbocycles. The summed E-state index contributed by atoms with van der Waals surface area (Å²) in [6.45, 7) is 0.744. The molecule has 2 saturated carbocycles. The third-order valence-electron chi connectivity index (χ3n) is 4.99. The molecule has 2 N–H and O–H groups in total. The Kier molecular flexibility index (Phi) is 3.25. The minimum absolute atomic E-state index is 0.129. The zero-order valence-corrected chi connectivity index (χ0v) is 11.1. The maximum Gasteiger partial charge on any atom is 0.332 e. The SMILES string of the molecule is O=C(NCC1(C2CC2)CCC1)[C@@H]1CC[C@H](C(=O)O)O1. The van der Waals surface area contributed by atoms with Crippen LogP contribution in [0.25, 0.3) is 0 Å². The zero-order valence-electron chi connectivity index (χ0n) is 11.1. The van der Waals surface area contributed by atoms with Crippen LogP contribution < -0.4 is 5.32 Å². The van der Waals surface area contributed by atoms with E-state index in [1.807, 2.05) is 0 Å². The van der Waals surface area contributed by atoms with Gasteiger partial charge in [0.1, 0.15) is 6.10 Å². The van der Waals surface area contributed by atoms with Crippen LogP contribution in [0.15, 0.2) is 0 Å². The number of carboxylic acids is 1. The van der Waals surface area contributed by atoms with Crippen molar-refractivity contribution in [3.05, 3.63) is 0 Å². The lowest BCUT2D eigenvalue weighted by molar-refractivity contribution is -0.152. The van der Waals surface area contributed by atoms with E-state index in [0.29, 0.717) is 18.3 Å². The molecule has 0 aromatic heterocycles. The monoisotopic (exact) mass is 267 g/mol. The summed E-state index contributed by atoms with van der Waals surface area (Å²) in [5.74, 6) is -0.294. The van der Waals surface area contributed by atoms with Gasteiger partial charge in [0.05, 0.1) is 0 Å². The topological polar surface area (TPSA) is 75.6 Å². The highest BCUT2D eigenvalue weighted by Gasteiger charge is 2.49. The van der Waals surface area contributed by atoms with E-state index in [1.54, 1.807) is 0 Å². The van der Waals surface area contributed by atoms with Gasteiger partial charge in [0, 0.05) is 6.54 Å². The molecule has 3 fully saturated rings. The fourth-order valence-corrected chi connectivity index (χ4v) is 3.44. The van der Waals surface area contributed by atoms with Gasteiger partial charge < -0.3 is 15.2 Å². The van der Waals surface area contributed by atoms with Gasteiger partial charge in [0.15, 0.2) is 6.10 Å². The molecule has 0 aromatic rings. The van der Waals surface area contributed by atoms with Gasteiger partial charge in [0.2, 0.25) is 5.91 Å². The zero-order chi connectivity index (χ0) is 13.5. The van der Waals surface area contributed by atoms with Crippen molar-refractivity contribution in [2.75, 3.05) is 6.54 Å². The Labute approximate surface area is 112 Å². The average Bonchev–Trinajstić information content (AvgIpc) is 3.04. The number of aliphatic carboxylic acids is 1. The molecule has 5 nitrogen and oxygen atoms in total. The van der Waals surface area contributed by atoms with Crippen LogP contribution in [0.2, 0.25) is 0 Å². The highest BCUT2D eigenvalue weighted by Crippen LogP contribution is 2.56. The van der Waals surface area contributed by atoms with Crippen LogP contribution >= 0.6 is 0 Å². The van der Waals surface area contributed by atoms with Crippen molar-refractivity contribution in [3.63, 3.8) is 0 Å². The van der Waals surface area contributed by atoms with E-state index in [-0.39, 0.29) is 5.91 Å². The molecule has 0 spiro atoms. The van der Waals surface area contributed by atoms with E-state index in [9.17, 15) is 9.59 Å². The van der Waals surface area contributed by atoms with Gasteiger partial charge in [-0.2, -0.15) is 0 Å². The minimum atomic E-state index is -0.969. The Balaban J connectivity index is 1.48. The molecule has 5 heteroatoms. The normalized spacial score (nSPS) is 32.6. The first-order chi connectivity index (χ1) is 9.11. The molecule has 1 amide bonds. The second-order valence-corrected chi connectivity index (χ2v) is 6.24. The molecule has 19 heavy (non-hydrogen) atoms. The number of rotatable bonds is 5. The van der Waals surface area contributed by atoms with Gasteiger partial charge in [-0.1, -0.05) is 6.42 Å². The van der Waals surface area contributed by atoms with E-state index >= 15 is 0 Å². The van der Waals surface area contributed by atoms with Crippen LogP contribution in [-0.4, -0.2) is 35.7 Å². The highest BCUT2D eigenvalue weighted by atomic mass is 16.5. The number of nitrogens with one attached hydrogen (secondary N) is 1. The summed E-state index contributed by atoms with van der Waals surface area (Å²) in [7, 11) is 0. The van der Waals surface area contributed by atoms with E-state index in [1.165, 1.54) is 32.1 Å². The standard InChI is InChI=1S/C14H21NO4/c16-12(10-4-5-11(19-10)13(17)18)15-8-14(6-1-7-14)9-2-3-9/h9-11H,1-8H2,(H,15,16)(H,17,18)/t10-,11+/m0/s1. The molecule has 1 saturated heterocycles. The lowest BCUT2D eigenvalue weighted by Gasteiger charge is -2.42. The Morgan fingerprint density at radius 1 is 1.16 bits per heavy atom.